The van der Waals surface area contributed by atoms with Crippen LogP contribution in [0, 0.1) is 0 Å². The van der Waals surface area contributed by atoms with Gasteiger partial charge in [0.2, 0.25) is 5.91 Å². The first-order valence-electron chi connectivity index (χ1n) is 5.86. The molecule has 0 aliphatic carbocycles. The lowest BCUT2D eigenvalue weighted by Crippen LogP contribution is -2.41. The number of nitrogens with zero attached hydrogens (tertiary/aromatic N) is 1. The largest absolute Gasteiger partial charge is 0.350 e. The van der Waals surface area contributed by atoms with Crippen molar-refractivity contribution in [3.63, 3.8) is 0 Å². The number of pyridine rings is 1. The summed E-state index contributed by atoms with van der Waals surface area (Å²) in [6.07, 6.45) is 1.91. The van der Waals surface area contributed by atoms with Crippen LogP contribution in [-0.4, -0.2) is 35.7 Å². The van der Waals surface area contributed by atoms with Crippen molar-refractivity contribution in [2.45, 2.75) is 18.1 Å². The van der Waals surface area contributed by atoms with Gasteiger partial charge >= 0.3 is 0 Å². The summed E-state index contributed by atoms with van der Waals surface area (Å²) < 4.78 is 25.5. The third-order valence-corrected chi connectivity index (χ3v) is 3.29. The number of halogens is 2. The molecule has 0 bridgehead atoms. The van der Waals surface area contributed by atoms with Crippen molar-refractivity contribution in [2.75, 3.05) is 18.8 Å². The fourth-order valence-electron chi connectivity index (χ4n) is 1.21. The molecule has 0 aliphatic rings. The van der Waals surface area contributed by atoms with Crippen molar-refractivity contribution in [3.8, 4) is 0 Å². The van der Waals surface area contributed by atoms with E-state index >= 15 is 0 Å². The number of amides is 1. The molecule has 0 spiro atoms. The summed E-state index contributed by atoms with van der Waals surface area (Å²) in [6.45, 7) is -1.46. The summed E-state index contributed by atoms with van der Waals surface area (Å²) in [6, 6.07) is 5.62. The predicted octanol–water partition coefficient (Wildman–Crippen LogP) is 1.42. The number of hydrogen-bond donors (Lipinski definition) is 2. The minimum Gasteiger partial charge on any atom is -0.350 e. The quantitative estimate of drug-likeness (QED) is 0.710. The molecule has 0 unspecified atom stereocenters. The van der Waals surface area contributed by atoms with Gasteiger partial charge in [-0.25, -0.2) is 8.78 Å². The van der Waals surface area contributed by atoms with E-state index < -0.39 is 19.0 Å². The first-order valence-corrected chi connectivity index (χ1v) is 7.01. The number of rotatable bonds is 8. The minimum atomic E-state index is -3.03. The smallest absolute Gasteiger partial charge is 0.277 e. The second-order valence-corrected chi connectivity index (χ2v) is 5.07. The Labute approximate surface area is 115 Å². The molecule has 1 heterocycles. The van der Waals surface area contributed by atoms with Crippen LogP contribution in [-0.2, 0) is 10.5 Å². The van der Waals surface area contributed by atoms with Crippen molar-refractivity contribution < 1.29 is 13.6 Å². The lowest BCUT2D eigenvalue weighted by Gasteiger charge is -2.14. The summed E-state index contributed by atoms with van der Waals surface area (Å²) in [4.78, 5) is 15.4. The van der Waals surface area contributed by atoms with Crippen LogP contribution in [0.15, 0.2) is 24.4 Å². The van der Waals surface area contributed by atoms with E-state index in [1.807, 2.05) is 18.2 Å². The van der Waals surface area contributed by atoms with Gasteiger partial charge in [0, 0.05) is 24.1 Å². The average molecular weight is 289 g/mol. The zero-order valence-electron chi connectivity index (χ0n) is 10.4. The molecule has 1 aromatic heterocycles. The van der Waals surface area contributed by atoms with Gasteiger partial charge in [0.15, 0.2) is 0 Å². The molecule has 19 heavy (non-hydrogen) atoms. The molecule has 1 aromatic rings. The fraction of sp³-hybridized carbons (Fsp3) is 0.500. The number of nitrogens with one attached hydrogen (secondary N) is 1. The van der Waals surface area contributed by atoms with Crippen LogP contribution in [0.5, 0.6) is 0 Å². The van der Waals surface area contributed by atoms with E-state index in [0.717, 1.165) is 5.69 Å². The molecule has 106 valence electrons. The van der Waals surface area contributed by atoms with Gasteiger partial charge < -0.3 is 11.1 Å². The highest BCUT2D eigenvalue weighted by atomic mass is 32.2. The van der Waals surface area contributed by atoms with E-state index in [9.17, 15) is 13.6 Å². The first-order chi connectivity index (χ1) is 9.03. The molecule has 0 saturated carbocycles. The minimum absolute atomic E-state index is 0.206. The van der Waals surface area contributed by atoms with Crippen molar-refractivity contribution in [1.29, 1.82) is 0 Å². The lowest BCUT2D eigenvalue weighted by molar-refractivity contribution is -0.122. The summed E-state index contributed by atoms with van der Waals surface area (Å²) in [7, 11) is 0. The molecular weight excluding hydrogens is 272 g/mol. The van der Waals surface area contributed by atoms with Crippen LogP contribution in [0.1, 0.15) is 12.1 Å². The van der Waals surface area contributed by atoms with Gasteiger partial charge in [-0.1, -0.05) is 6.07 Å². The van der Waals surface area contributed by atoms with Gasteiger partial charge in [0.1, 0.15) is 0 Å². The summed E-state index contributed by atoms with van der Waals surface area (Å²) in [5.41, 5.74) is 5.80. The van der Waals surface area contributed by atoms with E-state index in [-0.39, 0.29) is 12.3 Å². The molecule has 0 aromatic carbocycles. The normalized spacial score (nSPS) is 11.3. The van der Waals surface area contributed by atoms with Crippen molar-refractivity contribution >= 4 is 17.7 Å². The molecule has 4 nitrogen and oxygen atoms in total. The van der Waals surface area contributed by atoms with E-state index in [1.54, 1.807) is 6.20 Å². The van der Waals surface area contributed by atoms with Gasteiger partial charge in [-0.3, -0.25) is 9.78 Å². The zero-order chi connectivity index (χ0) is 14.1. The molecule has 0 radical (unpaired) electrons. The number of hydrogen-bond acceptors (Lipinski definition) is 4. The standard InChI is InChI=1S/C12H17F2N3OS/c13-12(14,8-15)9-17-11(18)4-6-19-7-10-3-1-2-5-16-10/h1-3,5H,4,6-9,15H2,(H,17,18). The van der Waals surface area contributed by atoms with Crippen LogP contribution >= 0.6 is 11.8 Å². The summed E-state index contributed by atoms with van der Waals surface area (Å²) in [5.74, 6) is -2.15. The highest BCUT2D eigenvalue weighted by Crippen LogP contribution is 2.11. The molecule has 0 fully saturated rings. The fourth-order valence-corrected chi connectivity index (χ4v) is 2.07. The molecule has 1 rings (SSSR count). The number of alkyl halides is 2. The Bertz CT molecular complexity index is 390. The highest BCUT2D eigenvalue weighted by molar-refractivity contribution is 7.98. The predicted molar refractivity (Wildman–Crippen MR) is 72.0 cm³/mol. The third kappa shape index (κ3) is 7.07. The molecular formula is C12H17F2N3OS. The van der Waals surface area contributed by atoms with Gasteiger partial charge in [-0.15, -0.1) is 0 Å². The Balaban J connectivity index is 2.11. The third-order valence-electron chi connectivity index (χ3n) is 2.29. The van der Waals surface area contributed by atoms with E-state index in [1.165, 1.54) is 11.8 Å². The maximum atomic E-state index is 12.8. The Morgan fingerprint density at radius 3 is 2.89 bits per heavy atom. The topological polar surface area (TPSA) is 68.0 Å². The Kier molecular flexibility index (Phi) is 6.72. The van der Waals surface area contributed by atoms with E-state index in [2.05, 4.69) is 10.3 Å². The van der Waals surface area contributed by atoms with E-state index in [0.29, 0.717) is 11.5 Å². The number of aromatic nitrogens is 1. The zero-order valence-corrected chi connectivity index (χ0v) is 11.3. The molecule has 0 saturated heterocycles. The van der Waals surface area contributed by atoms with Crippen LogP contribution in [0.4, 0.5) is 8.78 Å². The van der Waals surface area contributed by atoms with Gasteiger partial charge in [-0.05, 0) is 12.1 Å². The van der Waals surface area contributed by atoms with Crippen LogP contribution in [0.2, 0.25) is 0 Å². The van der Waals surface area contributed by atoms with Crippen molar-refractivity contribution in [1.82, 2.24) is 10.3 Å². The SMILES string of the molecule is NCC(F)(F)CNC(=O)CCSCc1ccccn1. The van der Waals surface area contributed by atoms with Gasteiger partial charge in [-0.2, -0.15) is 11.8 Å². The average Bonchev–Trinajstić information content (AvgIpc) is 2.43. The maximum absolute atomic E-state index is 12.8. The number of carbonyl (C=O) groups is 1. The van der Waals surface area contributed by atoms with Gasteiger partial charge in [0.25, 0.3) is 5.92 Å². The molecule has 1 amide bonds. The van der Waals surface area contributed by atoms with Crippen molar-refractivity contribution in [2.24, 2.45) is 5.73 Å². The Morgan fingerprint density at radius 1 is 1.47 bits per heavy atom. The molecule has 0 atom stereocenters. The number of nitrogens with two attached hydrogens (primary N) is 1. The summed E-state index contributed by atoms with van der Waals surface area (Å²) >= 11 is 1.54. The number of thioether (sulfide) groups is 1. The molecule has 7 heteroatoms. The summed E-state index contributed by atoms with van der Waals surface area (Å²) in [5, 5.41) is 2.17. The lowest BCUT2D eigenvalue weighted by atomic mass is 10.3. The molecule has 3 N–H and O–H groups in total. The highest BCUT2D eigenvalue weighted by Gasteiger charge is 2.26. The van der Waals surface area contributed by atoms with Crippen molar-refractivity contribution in [3.05, 3.63) is 30.1 Å². The second-order valence-electron chi connectivity index (χ2n) is 3.96. The number of carbonyl (C=O) groups excluding carboxylic acids is 1. The Hall–Kier alpha value is -1.21. The Morgan fingerprint density at radius 2 is 2.26 bits per heavy atom. The maximum Gasteiger partial charge on any atom is 0.277 e. The van der Waals surface area contributed by atoms with Crippen LogP contribution in [0.3, 0.4) is 0 Å². The van der Waals surface area contributed by atoms with E-state index in [4.69, 9.17) is 5.73 Å². The second kappa shape index (κ2) is 8.06. The first kappa shape index (κ1) is 15.8. The van der Waals surface area contributed by atoms with Crippen LogP contribution < -0.4 is 11.1 Å². The molecule has 0 aliphatic heterocycles. The van der Waals surface area contributed by atoms with Gasteiger partial charge in [0.05, 0.1) is 18.8 Å². The monoisotopic (exact) mass is 289 g/mol. The van der Waals surface area contributed by atoms with Crippen LogP contribution in [0.25, 0.3) is 0 Å².